The lowest BCUT2D eigenvalue weighted by atomic mass is 10.0. The summed E-state index contributed by atoms with van der Waals surface area (Å²) >= 11 is 13.2. The third kappa shape index (κ3) is 5.18. The number of azo groups is 2. The van der Waals surface area contributed by atoms with Crippen LogP contribution in [0.3, 0.4) is 0 Å². The molecule has 0 spiro atoms. The van der Waals surface area contributed by atoms with Crippen LogP contribution in [0.15, 0.2) is 118 Å². The van der Waals surface area contributed by atoms with Gasteiger partial charge in [-0.05, 0) is 83.3 Å². The summed E-state index contributed by atoms with van der Waals surface area (Å²) in [7, 11) is 0. The molecule has 0 aliphatic heterocycles. The van der Waals surface area contributed by atoms with Gasteiger partial charge < -0.3 is 10.2 Å². The van der Waals surface area contributed by atoms with E-state index in [2.05, 4.69) is 20.5 Å². The number of phenols is 2. The molecule has 0 bridgehead atoms. The summed E-state index contributed by atoms with van der Waals surface area (Å²) in [4.78, 5) is 0. The van der Waals surface area contributed by atoms with Crippen LogP contribution in [0.25, 0.3) is 32.7 Å². The van der Waals surface area contributed by atoms with Crippen molar-refractivity contribution in [3.05, 3.63) is 118 Å². The maximum atomic E-state index is 10.6. The maximum absolute atomic E-state index is 10.6. The predicted molar refractivity (Wildman–Crippen MR) is 171 cm³/mol. The van der Waals surface area contributed by atoms with Gasteiger partial charge in [-0.15, -0.1) is 20.5 Å². The van der Waals surface area contributed by atoms with Crippen LogP contribution in [-0.4, -0.2) is 10.2 Å². The van der Waals surface area contributed by atoms with Gasteiger partial charge in [0.05, 0.1) is 10.0 Å². The molecule has 0 amide bonds. The molecule has 0 fully saturated rings. The average molecular weight is 591 g/mol. The van der Waals surface area contributed by atoms with Gasteiger partial charge in [0.2, 0.25) is 0 Å². The number of aromatic hydroxyl groups is 2. The monoisotopic (exact) mass is 590 g/mol. The molecule has 6 aromatic rings. The molecule has 2 N–H and O–H groups in total. The summed E-state index contributed by atoms with van der Waals surface area (Å²) in [6.45, 7) is 3.66. The molecule has 0 atom stereocenters. The molecule has 6 rings (SSSR count). The fourth-order valence-electron chi connectivity index (χ4n) is 4.85. The summed E-state index contributed by atoms with van der Waals surface area (Å²) in [6, 6.07) is 30.1. The number of nitrogens with zero attached hydrogens (tertiary/aromatic N) is 4. The van der Waals surface area contributed by atoms with Crippen molar-refractivity contribution in [3.8, 4) is 22.6 Å². The topological polar surface area (TPSA) is 89.9 Å². The molecule has 206 valence electrons. The molecular weight excluding hydrogens is 567 g/mol. The Kier molecular flexibility index (Phi) is 7.33. The van der Waals surface area contributed by atoms with E-state index < -0.39 is 0 Å². The SMILES string of the molecule is Cc1cc2ccccc2c(N=Nc2ccc(-c3ccc(N=Nc4c(O)c(C)cc5ccccc45)c(Cl)c3)cc2Cl)c1O. The first-order chi connectivity index (χ1) is 20.3. The first kappa shape index (κ1) is 27.4. The number of hydrogen-bond donors (Lipinski definition) is 2. The maximum Gasteiger partial charge on any atom is 0.146 e. The van der Waals surface area contributed by atoms with Crippen molar-refractivity contribution in [3.63, 3.8) is 0 Å². The second kappa shape index (κ2) is 11.2. The predicted octanol–water partition coefficient (Wildman–Crippen LogP) is 11.8. The van der Waals surface area contributed by atoms with Crippen LogP contribution < -0.4 is 0 Å². The van der Waals surface area contributed by atoms with Gasteiger partial charge >= 0.3 is 0 Å². The molecule has 0 saturated carbocycles. The highest BCUT2D eigenvalue weighted by Crippen LogP contribution is 2.42. The molecule has 0 saturated heterocycles. The van der Waals surface area contributed by atoms with Gasteiger partial charge in [-0.1, -0.05) is 83.9 Å². The molecule has 0 radical (unpaired) electrons. The van der Waals surface area contributed by atoms with Crippen LogP contribution >= 0.6 is 23.2 Å². The highest BCUT2D eigenvalue weighted by Gasteiger charge is 2.13. The Bertz CT molecular complexity index is 1920. The Morgan fingerprint density at radius 2 is 0.905 bits per heavy atom. The van der Waals surface area contributed by atoms with Gasteiger partial charge in [0, 0.05) is 10.8 Å². The quantitative estimate of drug-likeness (QED) is 0.195. The molecule has 6 nitrogen and oxygen atoms in total. The third-order valence-corrected chi connectivity index (χ3v) is 7.72. The standard InChI is InChI=1S/C34H24Cl2N4O2/c1-19-15-23-7-3-5-9-25(23)31(33(19)41)39-37-29-13-11-21(17-27(29)35)22-12-14-30(28(36)18-22)38-40-32-26-10-6-4-8-24(26)16-20(2)34(32)42/h3-18,41-42H,1-2H3. The molecule has 0 aliphatic carbocycles. The molecular formula is C34H24Cl2N4O2. The lowest BCUT2D eigenvalue weighted by Crippen LogP contribution is -1.81. The Labute approximate surface area is 252 Å². The molecule has 6 aromatic carbocycles. The minimum atomic E-state index is 0.0860. The first-order valence-electron chi connectivity index (χ1n) is 13.2. The van der Waals surface area contributed by atoms with Gasteiger partial charge in [0.15, 0.2) is 0 Å². The highest BCUT2D eigenvalue weighted by molar-refractivity contribution is 6.34. The zero-order valence-electron chi connectivity index (χ0n) is 22.7. The van der Waals surface area contributed by atoms with Crippen LogP contribution in [0.1, 0.15) is 11.1 Å². The smallest absolute Gasteiger partial charge is 0.146 e. The minimum absolute atomic E-state index is 0.0860. The van der Waals surface area contributed by atoms with Crippen molar-refractivity contribution >= 4 is 67.5 Å². The lowest BCUT2D eigenvalue weighted by molar-refractivity contribution is 0.472. The number of halogens is 2. The van der Waals surface area contributed by atoms with Crippen LogP contribution in [0.4, 0.5) is 22.7 Å². The molecule has 0 aliphatic rings. The van der Waals surface area contributed by atoms with E-state index in [4.69, 9.17) is 23.2 Å². The Morgan fingerprint density at radius 1 is 0.500 bits per heavy atom. The van der Waals surface area contributed by atoms with E-state index in [0.29, 0.717) is 43.9 Å². The van der Waals surface area contributed by atoms with Crippen LogP contribution in [0.2, 0.25) is 10.0 Å². The summed E-state index contributed by atoms with van der Waals surface area (Å²) in [6.07, 6.45) is 0. The van der Waals surface area contributed by atoms with Crippen LogP contribution in [-0.2, 0) is 0 Å². The summed E-state index contributed by atoms with van der Waals surface area (Å²) in [5.41, 5.74) is 4.81. The van der Waals surface area contributed by atoms with Gasteiger partial charge in [-0.2, -0.15) is 0 Å². The summed E-state index contributed by atoms with van der Waals surface area (Å²) in [5.74, 6) is 0.172. The second-order valence-corrected chi connectivity index (χ2v) is 10.8. The van der Waals surface area contributed by atoms with E-state index in [1.165, 1.54) is 0 Å². The van der Waals surface area contributed by atoms with E-state index in [1.807, 2.05) is 86.6 Å². The highest BCUT2D eigenvalue weighted by atomic mass is 35.5. The largest absolute Gasteiger partial charge is 0.505 e. The van der Waals surface area contributed by atoms with E-state index >= 15 is 0 Å². The van der Waals surface area contributed by atoms with E-state index in [-0.39, 0.29) is 11.5 Å². The minimum Gasteiger partial charge on any atom is -0.505 e. The number of hydrogen-bond acceptors (Lipinski definition) is 6. The Morgan fingerprint density at radius 3 is 1.31 bits per heavy atom. The van der Waals surface area contributed by atoms with Crippen LogP contribution in [0, 0.1) is 13.8 Å². The van der Waals surface area contributed by atoms with Crippen molar-refractivity contribution in [2.45, 2.75) is 13.8 Å². The van der Waals surface area contributed by atoms with Crippen molar-refractivity contribution in [1.82, 2.24) is 0 Å². The van der Waals surface area contributed by atoms with Gasteiger partial charge in [-0.25, -0.2) is 0 Å². The number of aryl methyl sites for hydroxylation is 2. The number of rotatable bonds is 5. The Balaban J connectivity index is 1.28. The van der Waals surface area contributed by atoms with Crippen molar-refractivity contribution < 1.29 is 10.2 Å². The van der Waals surface area contributed by atoms with E-state index in [1.54, 1.807) is 24.3 Å². The van der Waals surface area contributed by atoms with Gasteiger partial charge in [0.1, 0.15) is 34.2 Å². The lowest BCUT2D eigenvalue weighted by Gasteiger charge is -2.08. The third-order valence-electron chi connectivity index (χ3n) is 7.12. The molecule has 42 heavy (non-hydrogen) atoms. The number of benzene rings is 6. The van der Waals surface area contributed by atoms with Crippen molar-refractivity contribution in [1.29, 1.82) is 0 Å². The fourth-order valence-corrected chi connectivity index (χ4v) is 5.29. The zero-order valence-corrected chi connectivity index (χ0v) is 24.2. The van der Waals surface area contributed by atoms with Crippen molar-refractivity contribution in [2.24, 2.45) is 20.5 Å². The van der Waals surface area contributed by atoms with E-state index in [9.17, 15) is 10.2 Å². The van der Waals surface area contributed by atoms with Gasteiger partial charge in [0.25, 0.3) is 0 Å². The van der Waals surface area contributed by atoms with E-state index in [0.717, 1.165) is 32.7 Å². The zero-order chi connectivity index (χ0) is 29.4. The molecule has 8 heteroatoms. The second-order valence-electron chi connectivity index (χ2n) is 9.96. The number of phenolic OH excluding ortho intramolecular Hbond substituents is 2. The normalized spacial score (nSPS) is 11.8. The molecule has 0 aromatic heterocycles. The summed E-state index contributed by atoms with van der Waals surface area (Å²) < 4.78 is 0. The van der Waals surface area contributed by atoms with Crippen LogP contribution in [0.5, 0.6) is 11.5 Å². The molecule has 0 heterocycles. The molecule has 0 unspecified atom stereocenters. The van der Waals surface area contributed by atoms with Gasteiger partial charge in [-0.3, -0.25) is 0 Å². The average Bonchev–Trinajstić information content (AvgIpc) is 2.99. The summed E-state index contributed by atoms with van der Waals surface area (Å²) in [5, 5.41) is 43.0. The van der Waals surface area contributed by atoms with Crippen molar-refractivity contribution in [2.75, 3.05) is 0 Å². The number of fused-ring (bicyclic) bond motifs is 2. The Hall–Kier alpha value is -4.78. The fraction of sp³-hybridized carbons (Fsp3) is 0.0588. The first-order valence-corrected chi connectivity index (χ1v) is 13.9.